The molecule has 1 saturated heterocycles. The standard InChI is InChI=1S/C31H29BrN4O4/c1-39-28-15-14-22(17-26(28)32)29-23(20-36(35-29)24-11-6-3-7-12-24)18-27(31(38)33-19-25-13-8-16-40-25)34-30(37)21-9-4-2-5-10-21/h2-7,9-12,14-15,17-18,20,25H,8,13,16,19H2,1H3,(H,33,38)(H,34,37)/b27-18-/t25-/m0/s1. The maximum absolute atomic E-state index is 13.4. The quantitative estimate of drug-likeness (QED) is 0.252. The van der Waals surface area contributed by atoms with Crippen LogP contribution in [0.3, 0.4) is 0 Å². The first kappa shape index (κ1) is 27.4. The average molecular weight is 602 g/mol. The van der Waals surface area contributed by atoms with E-state index in [9.17, 15) is 9.59 Å². The number of nitrogens with one attached hydrogen (secondary N) is 2. The Kier molecular flexibility index (Phi) is 8.73. The summed E-state index contributed by atoms with van der Waals surface area (Å²) in [6.07, 6.45) is 5.31. The number of rotatable bonds is 9. The highest BCUT2D eigenvalue weighted by Crippen LogP contribution is 2.32. The Bertz CT molecular complexity index is 1510. The molecule has 204 valence electrons. The molecule has 8 nitrogen and oxygen atoms in total. The van der Waals surface area contributed by atoms with Crippen molar-refractivity contribution in [3.05, 3.63) is 106 Å². The van der Waals surface area contributed by atoms with Gasteiger partial charge in [-0.15, -0.1) is 0 Å². The van der Waals surface area contributed by atoms with Gasteiger partial charge in [-0.25, -0.2) is 4.68 Å². The molecule has 2 heterocycles. The average Bonchev–Trinajstić information content (AvgIpc) is 3.67. The largest absolute Gasteiger partial charge is 0.496 e. The van der Waals surface area contributed by atoms with Crippen molar-refractivity contribution in [2.24, 2.45) is 0 Å². The smallest absolute Gasteiger partial charge is 0.267 e. The molecule has 40 heavy (non-hydrogen) atoms. The number of hydrogen-bond acceptors (Lipinski definition) is 5. The highest BCUT2D eigenvalue weighted by molar-refractivity contribution is 9.10. The van der Waals surface area contributed by atoms with Gasteiger partial charge < -0.3 is 20.1 Å². The monoisotopic (exact) mass is 600 g/mol. The van der Waals surface area contributed by atoms with Gasteiger partial charge in [-0.3, -0.25) is 9.59 Å². The Balaban J connectivity index is 1.55. The predicted molar refractivity (Wildman–Crippen MR) is 157 cm³/mol. The lowest BCUT2D eigenvalue weighted by Gasteiger charge is -2.14. The Morgan fingerprint density at radius 2 is 1.85 bits per heavy atom. The highest BCUT2D eigenvalue weighted by Gasteiger charge is 2.21. The van der Waals surface area contributed by atoms with Crippen LogP contribution in [0.5, 0.6) is 5.75 Å². The lowest BCUT2D eigenvalue weighted by molar-refractivity contribution is -0.118. The molecule has 0 spiro atoms. The third kappa shape index (κ3) is 6.50. The summed E-state index contributed by atoms with van der Waals surface area (Å²) in [5.74, 6) is -0.106. The summed E-state index contributed by atoms with van der Waals surface area (Å²) in [6, 6.07) is 24.1. The minimum absolute atomic E-state index is 0.0388. The van der Waals surface area contributed by atoms with Crippen LogP contribution in [0.25, 0.3) is 23.0 Å². The van der Waals surface area contributed by atoms with Crippen molar-refractivity contribution in [3.8, 4) is 22.7 Å². The van der Waals surface area contributed by atoms with Crippen LogP contribution >= 0.6 is 15.9 Å². The third-order valence-corrected chi connectivity index (χ3v) is 7.15. The van der Waals surface area contributed by atoms with Crippen LogP contribution in [-0.2, 0) is 9.53 Å². The van der Waals surface area contributed by atoms with Crippen molar-refractivity contribution in [1.29, 1.82) is 0 Å². The highest BCUT2D eigenvalue weighted by atomic mass is 79.9. The van der Waals surface area contributed by atoms with Gasteiger partial charge in [0.1, 0.15) is 17.1 Å². The van der Waals surface area contributed by atoms with Crippen molar-refractivity contribution in [2.75, 3.05) is 20.3 Å². The summed E-state index contributed by atoms with van der Waals surface area (Å²) in [5.41, 5.74) is 3.49. The maximum Gasteiger partial charge on any atom is 0.267 e. The topological polar surface area (TPSA) is 94.5 Å². The van der Waals surface area contributed by atoms with Crippen molar-refractivity contribution in [1.82, 2.24) is 20.4 Å². The molecular weight excluding hydrogens is 572 g/mol. The van der Waals surface area contributed by atoms with Crippen LogP contribution in [0, 0.1) is 0 Å². The number of methoxy groups -OCH3 is 1. The normalized spacial score (nSPS) is 15.1. The summed E-state index contributed by atoms with van der Waals surface area (Å²) in [4.78, 5) is 26.5. The van der Waals surface area contributed by atoms with Gasteiger partial charge in [-0.05, 0) is 77.3 Å². The van der Waals surface area contributed by atoms with Crippen molar-refractivity contribution in [2.45, 2.75) is 18.9 Å². The van der Waals surface area contributed by atoms with Gasteiger partial charge in [0.25, 0.3) is 11.8 Å². The second kappa shape index (κ2) is 12.8. The summed E-state index contributed by atoms with van der Waals surface area (Å²) in [5, 5.41) is 10.6. The number of aromatic nitrogens is 2. The minimum atomic E-state index is -0.408. The molecule has 1 atom stereocenters. The number of amides is 2. The first-order valence-electron chi connectivity index (χ1n) is 13.0. The fraction of sp³-hybridized carbons (Fsp3) is 0.194. The molecule has 9 heteroatoms. The Morgan fingerprint density at radius 3 is 2.52 bits per heavy atom. The molecule has 0 unspecified atom stereocenters. The second-order valence-corrected chi connectivity index (χ2v) is 10.1. The fourth-order valence-corrected chi connectivity index (χ4v) is 4.99. The molecule has 1 fully saturated rings. The Hall–Kier alpha value is -4.21. The van der Waals surface area contributed by atoms with E-state index >= 15 is 0 Å². The van der Waals surface area contributed by atoms with Gasteiger partial charge in [-0.2, -0.15) is 5.10 Å². The number of nitrogens with zero attached hydrogens (tertiary/aromatic N) is 2. The van der Waals surface area contributed by atoms with Crippen molar-refractivity contribution >= 4 is 33.8 Å². The number of carbonyl (C=O) groups excluding carboxylic acids is 2. The lowest BCUT2D eigenvalue weighted by Crippen LogP contribution is -2.38. The molecule has 2 amide bonds. The van der Waals surface area contributed by atoms with Crippen LogP contribution < -0.4 is 15.4 Å². The van der Waals surface area contributed by atoms with E-state index < -0.39 is 5.91 Å². The minimum Gasteiger partial charge on any atom is -0.496 e. The van der Waals surface area contributed by atoms with Gasteiger partial charge in [0.15, 0.2) is 0 Å². The van der Waals surface area contributed by atoms with Gasteiger partial charge in [-0.1, -0.05) is 36.4 Å². The molecule has 1 aliphatic heterocycles. The molecule has 0 saturated carbocycles. The summed E-state index contributed by atoms with van der Waals surface area (Å²) < 4.78 is 13.6. The van der Waals surface area contributed by atoms with Crippen LogP contribution in [0.2, 0.25) is 0 Å². The van der Waals surface area contributed by atoms with E-state index in [-0.39, 0.29) is 17.7 Å². The Morgan fingerprint density at radius 1 is 1.10 bits per heavy atom. The first-order valence-corrected chi connectivity index (χ1v) is 13.8. The zero-order valence-corrected chi connectivity index (χ0v) is 23.6. The van der Waals surface area contributed by atoms with E-state index in [0.29, 0.717) is 35.7 Å². The number of carbonyl (C=O) groups is 2. The molecule has 1 aliphatic rings. The molecule has 0 aliphatic carbocycles. The van der Waals surface area contributed by atoms with E-state index in [1.165, 1.54) is 0 Å². The SMILES string of the molecule is COc1ccc(-c2nn(-c3ccccc3)cc2/C=C(\NC(=O)c2ccccc2)C(=O)NC[C@@H]2CCCO2)cc1Br. The van der Waals surface area contributed by atoms with E-state index in [0.717, 1.165) is 28.6 Å². The number of halogens is 1. The van der Waals surface area contributed by atoms with E-state index in [1.54, 1.807) is 42.1 Å². The molecule has 1 aromatic heterocycles. The molecule has 3 aromatic carbocycles. The summed E-state index contributed by atoms with van der Waals surface area (Å²) in [7, 11) is 1.61. The number of hydrogen-bond donors (Lipinski definition) is 2. The van der Waals surface area contributed by atoms with Crippen LogP contribution in [0.1, 0.15) is 28.8 Å². The molecule has 2 N–H and O–H groups in total. The van der Waals surface area contributed by atoms with E-state index in [4.69, 9.17) is 14.6 Å². The molecular formula is C31H29BrN4O4. The number of ether oxygens (including phenoxy) is 2. The van der Waals surface area contributed by atoms with Gasteiger partial charge in [0.2, 0.25) is 0 Å². The predicted octanol–water partition coefficient (Wildman–Crippen LogP) is 5.38. The van der Waals surface area contributed by atoms with Crippen LogP contribution in [0.4, 0.5) is 0 Å². The Labute approximate surface area is 241 Å². The maximum atomic E-state index is 13.4. The second-order valence-electron chi connectivity index (χ2n) is 9.29. The number of benzene rings is 3. The van der Waals surface area contributed by atoms with Crippen LogP contribution in [0.15, 0.2) is 95.2 Å². The number of para-hydroxylation sites is 1. The lowest BCUT2D eigenvalue weighted by atomic mass is 10.1. The van der Waals surface area contributed by atoms with Crippen molar-refractivity contribution < 1.29 is 19.1 Å². The summed E-state index contributed by atoms with van der Waals surface area (Å²) >= 11 is 3.56. The zero-order chi connectivity index (χ0) is 27.9. The molecule has 0 bridgehead atoms. The van der Waals surface area contributed by atoms with Crippen molar-refractivity contribution in [3.63, 3.8) is 0 Å². The molecule has 4 aromatic rings. The van der Waals surface area contributed by atoms with Gasteiger partial charge in [0.05, 0.1) is 23.4 Å². The first-order chi connectivity index (χ1) is 19.5. The van der Waals surface area contributed by atoms with Gasteiger partial charge in [0, 0.05) is 36.0 Å². The zero-order valence-electron chi connectivity index (χ0n) is 22.0. The molecule has 0 radical (unpaired) electrons. The third-order valence-electron chi connectivity index (χ3n) is 6.53. The van der Waals surface area contributed by atoms with Crippen LogP contribution in [-0.4, -0.2) is 48.0 Å². The fourth-order valence-electron chi connectivity index (χ4n) is 4.45. The van der Waals surface area contributed by atoms with E-state index in [1.807, 2.05) is 60.8 Å². The van der Waals surface area contributed by atoms with E-state index in [2.05, 4.69) is 26.6 Å². The van der Waals surface area contributed by atoms with Gasteiger partial charge >= 0.3 is 0 Å². The summed E-state index contributed by atoms with van der Waals surface area (Å²) in [6.45, 7) is 1.05. The molecule has 5 rings (SSSR count).